The van der Waals surface area contributed by atoms with E-state index in [1.54, 1.807) is 30.3 Å². The van der Waals surface area contributed by atoms with Gasteiger partial charge in [0.05, 0.1) is 6.04 Å². The van der Waals surface area contributed by atoms with Gasteiger partial charge in [0.15, 0.2) is 0 Å². The lowest BCUT2D eigenvalue weighted by molar-refractivity contribution is -0.126. The van der Waals surface area contributed by atoms with Crippen molar-refractivity contribution in [2.45, 2.75) is 24.5 Å². The summed E-state index contributed by atoms with van der Waals surface area (Å²) in [5.41, 5.74) is 12.8. The predicted molar refractivity (Wildman–Crippen MR) is 132 cm³/mol. The van der Waals surface area contributed by atoms with E-state index in [0.29, 0.717) is 5.69 Å². The summed E-state index contributed by atoms with van der Waals surface area (Å²) in [6, 6.07) is 9.82. The van der Waals surface area contributed by atoms with Crippen LogP contribution < -0.4 is 27.4 Å². The highest BCUT2D eigenvalue weighted by Crippen LogP contribution is 2.24. The second-order valence-electron chi connectivity index (χ2n) is 7.61. The summed E-state index contributed by atoms with van der Waals surface area (Å²) in [5.74, 6) is -1.66. The lowest BCUT2D eigenvalue weighted by Crippen LogP contribution is -2.51. The number of anilines is 1. The number of rotatable bonds is 5. The largest absolute Gasteiger partial charge is 0.508 e. The molecule has 3 atom stereocenters. The Balaban J connectivity index is 1.74. The van der Waals surface area contributed by atoms with Crippen LogP contribution in [0.4, 0.5) is 5.69 Å². The van der Waals surface area contributed by atoms with Crippen LogP contribution in [0.1, 0.15) is 15.9 Å². The number of aromatic hydroxyl groups is 1. The summed E-state index contributed by atoms with van der Waals surface area (Å²) in [4.78, 5) is 49.9. The normalized spacial score (nSPS) is 19.9. The maximum atomic E-state index is 12.9. The number of phenols is 1. The topological polar surface area (TPSA) is 177 Å². The van der Waals surface area contributed by atoms with Gasteiger partial charge in [0, 0.05) is 22.8 Å². The highest BCUT2D eigenvalue weighted by molar-refractivity contribution is 8.76. The molecule has 12 heteroatoms. The molecule has 0 fully saturated rings. The summed E-state index contributed by atoms with van der Waals surface area (Å²) in [7, 11) is 2.50. The summed E-state index contributed by atoms with van der Waals surface area (Å²) in [6.07, 6.45) is 0.221. The van der Waals surface area contributed by atoms with Crippen LogP contribution in [0.15, 0.2) is 48.5 Å². The molecule has 10 nitrogen and oxygen atoms in total. The first-order valence-corrected chi connectivity index (χ1v) is 12.8. The van der Waals surface area contributed by atoms with E-state index in [1.165, 1.54) is 39.8 Å². The zero-order valence-corrected chi connectivity index (χ0v) is 19.7. The van der Waals surface area contributed by atoms with Gasteiger partial charge >= 0.3 is 0 Å². The minimum atomic E-state index is -0.920. The van der Waals surface area contributed by atoms with Gasteiger partial charge in [-0.15, -0.1) is 0 Å². The molecule has 2 bridgehead atoms. The zero-order valence-electron chi connectivity index (χ0n) is 18.0. The quantitative estimate of drug-likeness (QED) is 0.317. The lowest BCUT2D eigenvalue weighted by atomic mass is 10.1. The number of fused-ring (bicyclic) bond motifs is 2. The molecular weight excluding hydrogens is 478 g/mol. The van der Waals surface area contributed by atoms with Crippen molar-refractivity contribution in [1.29, 1.82) is 0 Å². The number of nitrogens with one attached hydrogen (secondary N) is 3. The van der Waals surface area contributed by atoms with Gasteiger partial charge in [-0.05, 0) is 42.3 Å². The minimum absolute atomic E-state index is 0.108. The first-order chi connectivity index (χ1) is 16.2. The summed E-state index contributed by atoms with van der Waals surface area (Å²) >= 11 is 0. The van der Waals surface area contributed by atoms with Crippen molar-refractivity contribution >= 4 is 50.9 Å². The van der Waals surface area contributed by atoms with E-state index in [-0.39, 0.29) is 29.2 Å². The maximum absolute atomic E-state index is 12.9. The molecule has 0 saturated carbocycles. The minimum Gasteiger partial charge on any atom is -0.508 e. The number of carbonyl (C=O) groups is 4. The fourth-order valence-electron chi connectivity index (χ4n) is 3.08. The second-order valence-corrected chi connectivity index (χ2v) is 10.2. The lowest BCUT2D eigenvalue weighted by Gasteiger charge is -2.20. The van der Waals surface area contributed by atoms with Gasteiger partial charge in [-0.3, -0.25) is 19.2 Å². The molecule has 1 aliphatic heterocycles. The van der Waals surface area contributed by atoms with Crippen molar-refractivity contribution < 1.29 is 24.3 Å². The Morgan fingerprint density at radius 1 is 1.12 bits per heavy atom. The maximum Gasteiger partial charge on any atom is 0.252 e. The van der Waals surface area contributed by atoms with Crippen LogP contribution in [0.2, 0.25) is 0 Å². The summed E-state index contributed by atoms with van der Waals surface area (Å²) < 4.78 is 0. The second kappa shape index (κ2) is 11.8. The highest BCUT2D eigenvalue weighted by atomic mass is 33.1. The van der Waals surface area contributed by atoms with Crippen LogP contribution in [-0.4, -0.2) is 58.4 Å². The average molecular weight is 504 g/mol. The SMILES string of the molecule is NC(=O)[C@@H]1CSSC[C@H](NC(=O)[C@@H](N)Cc2ccc(O)cc2)C(=O)Nc2cccc(c2)C(=O)N1. The molecule has 0 saturated heterocycles. The molecule has 0 unspecified atom stereocenters. The van der Waals surface area contributed by atoms with Crippen molar-refractivity contribution in [3.8, 4) is 5.75 Å². The van der Waals surface area contributed by atoms with Gasteiger partial charge in [-0.2, -0.15) is 0 Å². The van der Waals surface area contributed by atoms with Crippen molar-refractivity contribution in [2.24, 2.45) is 11.5 Å². The predicted octanol–water partition coefficient (Wildman–Crippen LogP) is 0.364. The van der Waals surface area contributed by atoms with Crippen molar-refractivity contribution in [3.63, 3.8) is 0 Å². The van der Waals surface area contributed by atoms with Crippen LogP contribution in [0.3, 0.4) is 0 Å². The van der Waals surface area contributed by atoms with E-state index in [1.807, 2.05) is 0 Å². The summed E-state index contributed by atoms with van der Waals surface area (Å²) in [5, 5.41) is 17.4. The first kappa shape index (κ1) is 25.4. The van der Waals surface area contributed by atoms with E-state index in [4.69, 9.17) is 11.5 Å². The van der Waals surface area contributed by atoms with Crippen LogP contribution >= 0.6 is 21.6 Å². The highest BCUT2D eigenvalue weighted by Gasteiger charge is 2.26. The Kier molecular flexibility index (Phi) is 8.79. The molecule has 0 aliphatic carbocycles. The van der Waals surface area contributed by atoms with Crippen molar-refractivity contribution in [2.75, 3.05) is 16.8 Å². The number of carbonyl (C=O) groups excluding carboxylic acids is 4. The van der Waals surface area contributed by atoms with Gasteiger partial charge in [0.1, 0.15) is 17.8 Å². The Bertz CT molecular complexity index is 1070. The van der Waals surface area contributed by atoms with Crippen LogP contribution in [0, 0.1) is 0 Å². The number of phenolic OH excluding ortho intramolecular Hbond substituents is 1. The Labute approximate surface area is 204 Å². The third-order valence-corrected chi connectivity index (χ3v) is 7.38. The van der Waals surface area contributed by atoms with Gasteiger partial charge < -0.3 is 32.5 Å². The van der Waals surface area contributed by atoms with Gasteiger partial charge in [0.25, 0.3) is 5.91 Å². The molecule has 3 rings (SSSR count). The van der Waals surface area contributed by atoms with E-state index in [9.17, 15) is 24.3 Å². The molecule has 1 aliphatic rings. The zero-order chi connectivity index (χ0) is 24.7. The Morgan fingerprint density at radius 3 is 2.53 bits per heavy atom. The number of nitrogens with two attached hydrogens (primary N) is 2. The molecule has 4 amide bonds. The van der Waals surface area contributed by atoms with Crippen LogP contribution in [0.5, 0.6) is 5.75 Å². The Morgan fingerprint density at radius 2 is 1.82 bits per heavy atom. The standard InChI is InChI=1S/C22H25N5O5S2/c23-16(8-12-4-6-15(28)7-5-12)21(31)27-18-11-34-33-10-17(19(24)29)26-20(30)13-2-1-3-14(9-13)25-22(18)32/h1-7,9,16-18,28H,8,10-11,23H2,(H2,24,29)(H,25,32)(H,26,30)(H,27,31)/t16-,17-,18-/m0/s1. The fraction of sp³-hybridized carbons (Fsp3) is 0.273. The van der Waals surface area contributed by atoms with Crippen molar-refractivity contribution in [3.05, 3.63) is 59.7 Å². The van der Waals surface area contributed by atoms with E-state index in [0.717, 1.165) is 5.56 Å². The molecule has 2 aromatic carbocycles. The molecule has 0 spiro atoms. The Hall–Kier alpha value is -3.22. The monoisotopic (exact) mass is 503 g/mol. The third kappa shape index (κ3) is 7.14. The molecule has 2 aromatic rings. The van der Waals surface area contributed by atoms with Gasteiger partial charge in [0.2, 0.25) is 17.7 Å². The molecular formula is C22H25N5O5S2. The molecule has 0 aromatic heterocycles. The number of benzene rings is 2. The van der Waals surface area contributed by atoms with Crippen molar-refractivity contribution in [1.82, 2.24) is 10.6 Å². The number of primary amides is 1. The molecule has 0 radical (unpaired) electrons. The van der Waals surface area contributed by atoms with Gasteiger partial charge in [-0.1, -0.05) is 39.8 Å². The molecule has 180 valence electrons. The van der Waals surface area contributed by atoms with E-state index < -0.39 is 41.8 Å². The smallest absolute Gasteiger partial charge is 0.252 e. The molecule has 8 N–H and O–H groups in total. The van der Waals surface area contributed by atoms with Crippen LogP contribution in [-0.2, 0) is 20.8 Å². The number of hydrogen-bond acceptors (Lipinski definition) is 8. The summed E-state index contributed by atoms with van der Waals surface area (Å²) in [6.45, 7) is 0. The van der Waals surface area contributed by atoms with E-state index >= 15 is 0 Å². The molecule has 1 heterocycles. The van der Waals surface area contributed by atoms with Gasteiger partial charge in [-0.25, -0.2) is 0 Å². The fourth-order valence-corrected chi connectivity index (χ4v) is 5.42. The average Bonchev–Trinajstić information content (AvgIpc) is 2.81. The number of hydrogen-bond donors (Lipinski definition) is 6. The van der Waals surface area contributed by atoms with Crippen LogP contribution in [0.25, 0.3) is 0 Å². The first-order valence-electron chi connectivity index (χ1n) is 10.3. The molecule has 34 heavy (non-hydrogen) atoms. The number of amides is 4. The van der Waals surface area contributed by atoms with E-state index in [2.05, 4.69) is 16.0 Å². The third-order valence-electron chi connectivity index (χ3n) is 4.96.